The summed E-state index contributed by atoms with van der Waals surface area (Å²) >= 11 is 0. The van der Waals surface area contributed by atoms with E-state index in [9.17, 15) is 0 Å². The first kappa shape index (κ1) is 23.8. The van der Waals surface area contributed by atoms with Crippen molar-refractivity contribution >= 4 is 5.69 Å². The predicted octanol–water partition coefficient (Wildman–Crippen LogP) is 5.09. The van der Waals surface area contributed by atoms with Gasteiger partial charge in [0.2, 0.25) is 11.8 Å². The summed E-state index contributed by atoms with van der Waals surface area (Å²) in [5.74, 6) is 1.69. The molecule has 0 spiro atoms. The molecule has 4 rings (SSSR count). The summed E-state index contributed by atoms with van der Waals surface area (Å²) in [6.45, 7) is 9.03. The lowest BCUT2D eigenvalue weighted by Gasteiger charge is -2.35. The summed E-state index contributed by atoms with van der Waals surface area (Å²) in [4.78, 5) is 11.8. The van der Waals surface area contributed by atoms with Crippen LogP contribution in [0.1, 0.15) is 52.4 Å². The molecule has 2 aliphatic rings. The number of unbranched alkanes of at least 4 members (excludes halogenated alkanes) is 2. The van der Waals surface area contributed by atoms with E-state index >= 15 is 0 Å². The highest BCUT2D eigenvalue weighted by Gasteiger charge is 2.30. The third-order valence-electron chi connectivity index (χ3n) is 6.28. The first-order chi connectivity index (χ1) is 16.3. The van der Waals surface area contributed by atoms with Gasteiger partial charge in [-0.25, -0.2) is 0 Å². The minimum Gasteiger partial charge on any atom is -0.478 e. The van der Waals surface area contributed by atoms with Gasteiger partial charge in [0.1, 0.15) is 0 Å². The molecule has 7 nitrogen and oxygen atoms in total. The van der Waals surface area contributed by atoms with Crippen molar-refractivity contribution in [1.82, 2.24) is 9.97 Å². The Morgan fingerprint density at radius 2 is 1.67 bits per heavy atom. The summed E-state index contributed by atoms with van der Waals surface area (Å²) in [6, 6.07) is 8.12. The van der Waals surface area contributed by atoms with Gasteiger partial charge in [0.05, 0.1) is 49.6 Å². The van der Waals surface area contributed by atoms with Crippen LogP contribution in [0.3, 0.4) is 0 Å². The summed E-state index contributed by atoms with van der Waals surface area (Å²) in [6.07, 6.45) is 8.26. The maximum Gasteiger partial charge on any atom is 0.226 e. The fraction of sp³-hybridized carbons (Fsp3) is 0.615. The number of hydrogen-bond donors (Lipinski definition) is 0. The number of pyridine rings is 2. The Morgan fingerprint density at radius 1 is 0.939 bits per heavy atom. The van der Waals surface area contributed by atoms with Gasteiger partial charge in [-0.3, -0.25) is 4.98 Å². The lowest BCUT2D eigenvalue weighted by Crippen LogP contribution is -2.38. The number of rotatable bonds is 11. The third kappa shape index (κ3) is 6.36. The molecule has 4 heterocycles. The van der Waals surface area contributed by atoms with Crippen LogP contribution < -0.4 is 14.4 Å². The highest BCUT2D eigenvalue weighted by atomic mass is 16.7. The standard InChI is InChI=1S/C26H37N3O4/c1-3-5-15-30-24-10-8-22(25(28-24)31-16-6-4-2)23-9-7-21(19-27-23)29-13-11-20(12-14-29)26-32-17-18-33-26/h7-10,19-20,26H,3-6,11-18H2,1-2H3. The third-order valence-corrected chi connectivity index (χ3v) is 6.28. The summed E-state index contributed by atoms with van der Waals surface area (Å²) in [7, 11) is 0. The Labute approximate surface area is 197 Å². The highest BCUT2D eigenvalue weighted by Crippen LogP contribution is 2.32. The van der Waals surface area contributed by atoms with Gasteiger partial charge in [-0.05, 0) is 43.9 Å². The van der Waals surface area contributed by atoms with Gasteiger partial charge in [0.15, 0.2) is 6.29 Å². The van der Waals surface area contributed by atoms with E-state index in [1.807, 2.05) is 18.3 Å². The molecule has 0 saturated carbocycles. The first-order valence-corrected chi connectivity index (χ1v) is 12.5. The minimum absolute atomic E-state index is 0.0137. The fourth-order valence-electron chi connectivity index (χ4n) is 4.25. The molecule has 0 bridgehead atoms. The van der Waals surface area contributed by atoms with E-state index in [1.54, 1.807) is 0 Å². The van der Waals surface area contributed by atoms with Crippen LogP contribution in [0.15, 0.2) is 30.5 Å². The maximum absolute atomic E-state index is 6.02. The number of nitrogens with zero attached hydrogens (tertiary/aromatic N) is 3. The van der Waals surface area contributed by atoms with E-state index in [0.29, 0.717) is 30.9 Å². The van der Waals surface area contributed by atoms with E-state index in [-0.39, 0.29) is 6.29 Å². The molecular weight excluding hydrogens is 418 g/mol. The predicted molar refractivity (Wildman–Crippen MR) is 129 cm³/mol. The van der Waals surface area contributed by atoms with Gasteiger partial charge in [0.25, 0.3) is 0 Å². The molecule has 2 aromatic rings. The van der Waals surface area contributed by atoms with Crippen molar-refractivity contribution in [1.29, 1.82) is 0 Å². The largest absolute Gasteiger partial charge is 0.478 e. The first-order valence-electron chi connectivity index (χ1n) is 12.5. The Morgan fingerprint density at radius 3 is 2.33 bits per heavy atom. The average Bonchev–Trinajstić information content (AvgIpc) is 3.40. The van der Waals surface area contributed by atoms with Crippen LogP contribution in [0.5, 0.6) is 11.8 Å². The van der Waals surface area contributed by atoms with Crippen LogP contribution in [0.25, 0.3) is 11.3 Å². The lowest BCUT2D eigenvalue weighted by molar-refractivity contribution is -0.0889. The molecule has 0 atom stereocenters. The maximum atomic E-state index is 6.02. The van der Waals surface area contributed by atoms with Crippen LogP contribution in [-0.4, -0.2) is 55.8 Å². The molecule has 0 aliphatic carbocycles. The van der Waals surface area contributed by atoms with E-state index < -0.39 is 0 Å². The molecule has 2 aliphatic heterocycles. The summed E-state index contributed by atoms with van der Waals surface area (Å²) in [5, 5.41) is 0. The Bertz CT molecular complexity index is 847. The zero-order chi connectivity index (χ0) is 22.9. The molecule has 2 aromatic heterocycles. The number of piperidine rings is 1. The van der Waals surface area contributed by atoms with Crippen molar-refractivity contribution in [3.63, 3.8) is 0 Å². The number of hydrogen-bond acceptors (Lipinski definition) is 7. The molecule has 0 aromatic carbocycles. The van der Waals surface area contributed by atoms with Gasteiger partial charge in [-0.2, -0.15) is 4.98 Å². The quantitative estimate of drug-likeness (QED) is 0.437. The van der Waals surface area contributed by atoms with Crippen molar-refractivity contribution in [2.24, 2.45) is 5.92 Å². The van der Waals surface area contributed by atoms with Gasteiger partial charge in [-0.15, -0.1) is 0 Å². The van der Waals surface area contributed by atoms with Crippen LogP contribution in [0, 0.1) is 5.92 Å². The summed E-state index contributed by atoms with van der Waals surface area (Å²) in [5.41, 5.74) is 2.90. The van der Waals surface area contributed by atoms with Crippen LogP contribution >= 0.6 is 0 Å². The molecule has 2 saturated heterocycles. The fourth-order valence-corrected chi connectivity index (χ4v) is 4.25. The zero-order valence-electron chi connectivity index (χ0n) is 20.0. The van der Waals surface area contributed by atoms with Crippen molar-refractivity contribution < 1.29 is 18.9 Å². The minimum atomic E-state index is -0.0137. The Hall–Kier alpha value is -2.38. The second-order valence-corrected chi connectivity index (χ2v) is 8.74. The SMILES string of the molecule is CCCCOc1ccc(-c2ccc(N3CCC(C4OCCO4)CC3)cn2)c(OCCCC)n1. The second-order valence-electron chi connectivity index (χ2n) is 8.74. The molecule has 2 fully saturated rings. The van der Waals surface area contributed by atoms with Crippen molar-refractivity contribution in [3.8, 4) is 23.0 Å². The van der Waals surface area contributed by atoms with Crippen molar-refractivity contribution in [2.75, 3.05) is 44.4 Å². The Balaban J connectivity index is 1.42. The normalized spacial score (nSPS) is 17.5. The smallest absolute Gasteiger partial charge is 0.226 e. The second kappa shape index (κ2) is 12.2. The van der Waals surface area contributed by atoms with Crippen LogP contribution in [-0.2, 0) is 9.47 Å². The van der Waals surface area contributed by atoms with E-state index in [0.717, 1.165) is 81.8 Å². The van der Waals surface area contributed by atoms with Gasteiger partial charge in [-0.1, -0.05) is 26.7 Å². The molecule has 0 amide bonds. The van der Waals surface area contributed by atoms with Crippen molar-refractivity contribution in [2.45, 2.75) is 58.7 Å². The number of ether oxygens (including phenoxy) is 4. The number of anilines is 1. The van der Waals surface area contributed by atoms with E-state index in [4.69, 9.17) is 23.9 Å². The molecule has 180 valence electrons. The molecule has 33 heavy (non-hydrogen) atoms. The van der Waals surface area contributed by atoms with Gasteiger partial charge in [0, 0.05) is 25.1 Å². The van der Waals surface area contributed by atoms with Gasteiger partial charge >= 0.3 is 0 Å². The topological polar surface area (TPSA) is 65.9 Å². The van der Waals surface area contributed by atoms with Crippen LogP contribution in [0.4, 0.5) is 5.69 Å². The monoisotopic (exact) mass is 455 g/mol. The Kier molecular flexibility index (Phi) is 8.78. The summed E-state index contributed by atoms with van der Waals surface area (Å²) < 4.78 is 23.2. The van der Waals surface area contributed by atoms with E-state index in [1.165, 1.54) is 0 Å². The van der Waals surface area contributed by atoms with Crippen molar-refractivity contribution in [3.05, 3.63) is 30.5 Å². The molecule has 0 N–H and O–H groups in total. The average molecular weight is 456 g/mol. The molecule has 0 radical (unpaired) electrons. The molecular formula is C26H37N3O4. The molecule has 7 heteroatoms. The van der Waals surface area contributed by atoms with Crippen LogP contribution in [0.2, 0.25) is 0 Å². The zero-order valence-corrected chi connectivity index (χ0v) is 20.0. The lowest BCUT2D eigenvalue weighted by atomic mass is 9.96. The number of aromatic nitrogens is 2. The van der Waals surface area contributed by atoms with E-state index in [2.05, 4.69) is 35.9 Å². The highest BCUT2D eigenvalue weighted by molar-refractivity contribution is 5.67. The molecule has 0 unspecified atom stereocenters. The van der Waals surface area contributed by atoms with Gasteiger partial charge < -0.3 is 23.8 Å².